The van der Waals surface area contributed by atoms with E-state index in [0.29, 0.717) is 16.7 Å². The molecule has 0 atom stereocenters. The van der Waals surface area contributed by atoms with Gasteiger partial charge in [0.1, 0.15) is 6.54 Å². The van der Waals surface area contributed by atoms with Crippen LogP contribution >= 0.6 is 27.7 Å². The topological polar surface area (TPSA) is 66.5 Å². The van der Waals surface area contributed by atoms with E-state index in [2.05, 4.69) is 42.0 Å². The van der Waals surface area contributed by atoms with E-state index < -0.39 is 10.0 Å². The Labute approximate surface area is 151 Å². The van der Waals surface area contributed by atoms with E-state index in [0.717, 1.165) is 16.3 Å². The minimum Gasteiger partial charge on any atom is -0.354 e. The monoisotopic (exact) mass is 422 g/mol. The van der Waals surface area contributed by atoms with Gasteiger partial charge < -0.3 is 5.32 Å². The summed E-state index contributed by atoms with van der Waals surface area (Å²) in [5.41, 5.74) is 0.453. The van der Waals surface area contributed by atoms with Crippen molar-refractivity contribution in [1.82, 2.24) is 5.32 Å². The number of carbonyl (C=O) groups excluding carboxylic acids is 1. The summed E-state index contributed by atoms with van der Waals surface area (Å²) in [6, 6.07) is 6.92. The zero-order valence-electron chi connectivity index (χ0n) is 13.8. The van der Waals surface area contributed by atoms with Crippen LogP contribution in [0.15, 0.2) is 28.7 Å². The maximum absolute atomic E-state index is 12.1. The molecule has 0 fully saturated rings. The summed E-state index contributed by atoms with van der Waals surface area (Å²) in [4.78, 5) is 12.1. The second kappa shape index (κ2) is 8.39. The molecule has 0 spiro atoms. The second-order valence-corrected chi connectivity index (χ2v) is 10.7. The number of hydrogen-bond donors (Lipinski definition) is 1. The zero-order valence-corrected chi connectivity index (χ0v) is 17.0. The number of rotatable bonds is 7. The number of carbonyl (C=O) groups is 1. The maximum atomic E-state index is 12.1. The van der Waals surface area contributed by atoms with Crippen LogP contribution in [0.1, 0.15) is 20.8 Å². The Kier molecular flexibility index (Phi) is 7.41. The first-order valence-corrected chi connectivity index (χ1v) is 10.8. The molecule has 1 amide bonds. The molecule has 23 heavy (non-hydrogen) atoms. The van der Waals surface area contributed by atoms with Gasteiger partial charge in [-0.25, -0.2) is 8.42 Å². The van der Waals surface area contributed by atoms with Gasteiger partial charge >= 0.3 is 0 Å². The predicted molar refractivity (Wildman–Crippen MR) is 102 cm³/mol. The Hall–Kier alpha value is -0.730. The van der Waals surface area contributed by atoms with Crippen LogP contribution in [-0.4, -0.2) is 44.2 Å². The standard InChI is InChI=1S/C15H23BrN2O3S2/c1-15(2,3)22-10-9-17-14(19)11-18(23(4,20)21)13-8-6-5-7-12(13)16/h5-8H,9-11H2,1-4H3,(H,17,19). The first kappa shape index (κ1) is 20.3. The zero-order chi connectivity index (χ0) is 17.7. The minimum atomic E-state index is -3.55. The molecule has 130 valence electrons. The third-order valence-corrected chi connectivity index (χ3v) is 5.84. The van der Waals surface area contributed by atoms with Gasteiger partial charge in [-0.3, -0.25) is 9.10 Å². The van der Waals surface area contributed by atoms with Crippen molar-refractivity contribution in [2.45, 2.75) is 25.5 Å². The summed E-state index contributed by atoms with van der Waals surface area (Å²) >= 11 is 5.07. The highest BCUT2D eigenvalue weighted by atomic mass is 79.9. The molecule has 1 aromatic rings. The van der Waals surface area contributed by atoms with Crippen molar-refractivity contribution in [3.63, 3.8) is 0 Å². The van der Waals surface area contributed by atoms with E-state index in [9.17, 15) is 13.2 Å². The molecular formula is C15H23BrN2O3S2. The van der Waals surface area contributed by atoms with Gasteiger partial charge in [0.2, 0.25) is 15.9 Å². The first-order chi connectivity index (χ1) is 10.5. The van der Waals surface area contributed by atoms with Gasteiger partial charge in [0, 0.05) is 21.5 Å². The second-order valence-electron chi connectivity index (χ2n) is 6.03. The fraction of sp³-hybridized carbons (Fsp3) is 0.533. The van der Waals surface area contributed by atoms with E-state index in [1.165, 1.54) is 0 Å². The normalized spacial score (nSPS) is 12.0. The largest absolute Gasteiger partial charge is 0.354 e. The molecule has 1 aromatic carbocycles. The number of halogens is 1. The van der Waals surface area contributed by atoms with Crippen LogP contribution in [0.2, 0.25) is 0 Å². The van der Waals surface area contributed by atoms with Crippen LogP contribution in [0.3, 0.4) is 0 Å². The van der Waals surface area contributed by atoms with E-state index in [1.807, 2.05) is 0 Å². The number of para-hydroxylation sites is 1. The number of sulfonamides is 1. The van der Waals surface area contributed by atoms with Crippen molar-refractivity contribution in [3.8, 4) is 0 Å². The summed E-state index contributed by atoms with van der Waals surface area (Å²) in [6.07, 6.45) is 1.09. The Morgan fingerprint density at radius 3 is 2.43 bits per heavy atom. The molecular weight excluding hydrogens is 400 g/mol. The van der Waals surface area contributed by atoms with Crippen LogP contribution in [0.25, 0.3) is 0 Å². The molecule has 8 heteroatoms. The smallest absolute Gasteiger partial charge is 0.240 e. The first-order valence-electron chi connectivity index (χ1n) is 7.13. The minimum absolute atomic E-state index is 0.137. The fourth-order valence-electron chi connectivity index (χ4n) is 1.77. The van der Waals surface area contributed by atoms with Crippen LogP contribution < -0.4 is 9.62 Å². The fourth-order valence-corrected chi connectivity index (χ4v) is 4.07. The average molecular weight is 423 g/mol. The lowest BCUT2D eigenvalue weighted by Gasteiger charge is -2.23. The number of benzene rings is 1. The quantitative estimate of drug-likeness (QED) is 0.685. The van der Waals surface area contributed by atoms with E-state index >= 15 is 0 Å². The maximum Gasteiger partial charge on any atom is 0.240 e. The molecule has 5 nitrogen and oxygen atoms in total. The van der Waals surface area contributed by atoms with Gasteiger partial charge in [-0.05, 0) is 28.1 Å². The van der Waals surface area contributed by atoms with E-state index in [4.69, 9.17) is 0 Å². The molecule has 0 aliphatic rings. The van der Waals surface area contributed by atoms with Gasteiger partial charge in [-0.15, -0.1) is 0 Å². The Bertz CT molecular complexity index is 642. The SMILES string of the molecule is CC(C)(C)SCCNC(=O)CN(c1ccccc1Br)S(C)(=O)=O. The molecule has 0 saturated heterocycles. The number of nitrogens with zero attached hydrogens (tertiary/aromatic N) is 1. The van der Waals surface area contributed by atoms with Gasteiger partial charge in [0.25, 0.3) is 0 Å². The highest BCUT2D eigenvalue weighted by Gasteiger charge is 2.22. The Balaban J connectivity index is 2.69. The Morgan fingerprint density at radius 2 is 1.91 bits per heavy atom. The van der Waals surface area contributed by atoms with Crippen molar-refractivity contribution in [1.29, 1.82) is 0 Å². The highest BCUT2D eigenvalue weighted by Crippen LogP contribution is 2.27. The molecule has 0 heterocycles. The molecule has 0 aliphatic heterocycles. The van der Waals surface area contributed by atoms with Gasteiger partial charge in [0.15, 0.2) is 0 Å². The third-order valence-electron chi connectivity index (χ3n) is 2.77. The summed E-state index contributed by atoms with van der Waals surface area (Å²) in [5, 5.41) is 2.77. The number of amides is 1. The third kappa shape index (κ3) is 7.58. The summed E-state index contributed by atoms with van der Waals surface area (Å²) in [6.45, 7) is 6.60. The number of anilines is 1. The molecule has 1 rings (SSSR count). The van der Waals surface area contributed by atoms with Crippen molar-refractivity contribution in [3.05, 3.63) is 28.7 Å². The molecule has 0 bridgehead atoms. The molecule has 0 aliphatic carbocycles. The molecule has 0 saturated carbocycles. The lowest BCUT2D eigenvalue weighted by atomic mass is 10.3. The van der Waals surface area contributed by atoms with Crippen LogP contribution in [0, 0.1) is 0 Å². The van der Waals surface area contributed by atoms with E-state index in [-0.39, 0.29) is 17.2 Å². The van der Waals surface area contributed by atoms with E-state index in [1.54, 1.807) is 36.0 Å². The number of thioether (sulfide) groups is 1. The Morgan fingerprint density at radius 1 is 1.30 bits per heavy atom. The summed E-state index contributed by atoms with van der Waals surface area (Å²) in [5.74, 6) is 0.462. The molecule has 0 unspecified atom stereocenters. The lowest BCUT2D eigenvalue weighted by molar-refractivity contribution is -0.119. The van der Waals surface area contributed by atoms with Crippen LogP contribution in [0.4, 0.5) is 5.69 Å². The average Bonchev–Trinajstić information content (AvgIpc) is 2.40. The van der Waals surface area contributed by atoms with Crippen LogP contribution in [0.5, 0.6) is 0 Å². The molecule has 1 N–H and O–H groups in total. The molecule has 0 aromatic heterocycles. The van der Waals surface area contributed by atoms with Crippen molar-refractivity contribution >= 4 is 49.3 Å². The lowest BCUT2D eigenvalue weighted by Crippen LogP contribution is -2.41. The van der Waals surface area contributed by atoms with Crippen molar-refractivity contribution in [2.75, 3.05) is 29.4 Å². The predicted octanol–water partition coefficient (Wildman–Crippen LogP) is 2.86. The summed E-state index contributed by atoms with van der Waals surface area (Å²) < 4.78 is 25.9. The number of hydrogen-bond acceptors (Lipinski definition) is 4. The van der Waals surface area contributed by atoms with Crippen molar-refractivity contribution in [2.24, 2.45) is 0 Å². The highest BCUT2D eigenvalue weighted by molar-refractivity contribution is 9.10. The molecule has 0 radical (unpaired) electrons. The summed E-state index contributed by atoms with van der Waals surface area (Å²) in [7, 11) is -3.55. The van der Waals surface area contributed by atoms with Crippen molar-refractivity contribution < 1.29 is 13.2 Å². The van der Waals surface area contributed by atoms with Gasteiger partial charge in [-0.2, -0.15) is 11.8 Å². The van der Waals surface area contributed by atoms with Crippen LogP contribution in [-0.2, 0) is 14.8 Å². The van der Waals surface area contributed by atoms with Gasteiger partial charge in [-0.1, -0.05) is 32.9 Å². The number of nitrogens with one attached hydrogen (secondary N) is 1. The van der Waals surface area contributed by atoms with Gasteiger partial charge in [0.05, 0.1) is 11.9 Å².